The van der Waals surface area contributed by atoms with Crippen LogP contribution in [-0.4, -0.2) is 21.5 Å². The van der Waals surface area contributed by atoms with E-state index in [1.54, 1.807) is 0 Å². The standard InChI is InChI=1S/C15H16N2O/c1-12-15(9-6-10-18)13(2)17(16-12)11-14-7-4-3-5-8-14/h3-5,7-8,18H,10-11H2,1-2H3. The van der Waals surface area contributed by atoms with Gasteiger partial charge in [-0.3, -0.25) is 4.68 Å². The van der Waals surface area contributed by atoms with Crippen molar-refractivity contribution in [2.24, 2.45) is 0 Å². The van der Waals surface area contributed by atoms with Gasteiger partial charge in [0.2, 0.25) is 0 Å². The number of hydrogen-bond donors (Lipinski definition) is 1. The molecule has 92 valence electrons. The van der Waals surface area contributed by atoms with Crippen LogP contribution in [0.1, 0.15) is 22.5 Å². The molecule has 1 N–H and O–H groups in total. The Hall–Kier alpha value is -2.05. The maximum atomic E-state index is 8.75. The number of rotatable bonds is 2. The van der Waals surface area contributed by atoms with E-state index in [1.165, 1.54) is 5.56 Å². The van der Waals surface area contributed by atoms with Crippen molar-refractivity contribution < 1.29 is 5.11 Å². The highest BCUT2D eigenvalue weighted by Crippen LogP contribution is 2.13. The van der Waals surface area contributed by atoms with E-state index in [9.17, 15) is 0 Å². The number of hydrogen-bond acceptors (Lipinski definition) is 2. The molecule has 0 bridgehead atoms. The van der Waals surface area contributed by atoms with E-state index in [0.717, 1.165) is 23.5 Å². The van der Waals surface area contributed by atoms with Gasteiger partial charge in [-0.1, -0.05) is 42.2 Å². The lowest BCUT2D eigenvalue weighted by molar-refractivity contribution is 0.350. The first-order chi connectivity index (χ1) is 8.72. The highest BCUT2D eigenvalue weighted by molar-refractivity contribution is 5.41. The van der Waals surface area contributed by atoms with Crippen molar-refractivity contribution in [1.82, 2.24) is 9.78 Å². The average Bonchev–Trinajstić information content (AvgIpc) is 2.64. The summed E-state index contributed by atoms with van der Waals surface area (Å²) in [7, 11) is 0. The van der Waals surface area contributed by atoms with Crippen LogP contribution < -0.4 is 0 Å². The first-order valence-electron chi connectivity index (χ1n) is 5.90. The van der Waals surface area contributed by atoms with E-state index in [0.29, 0.717) is 0 Å². The van der Waals surface area contributed by atoms with Crippen LogP contribution in [-0.2, 0) is 6.54 Å². The van der Waals surface area contributed by atoms with Gasteiger partial charge in [-0.15, -0.1) is 0 Å². The molecule has 0 aliphatic rings. The van der Waals surface area contributed by atoms with E-state index in [1.807, 2.05) is 36.7 Å². The normalized spacial score (nSPS) is 9.94. The van der Waals surface area contributed by atoms with E-state index in [2.05, 4.69) is 29.1 Å². The third-order valence-electron chi connectivity index (χ3n) is 2.85. The Balaban J connectivity index is 2.30. The maximum Gasteiger partial charge on any atom is 0.104 e. The molecule has 0 amide bonds. The van der Waals surface area contributed by atoms with Gasteiger partial charge in [0.05, 0.1) is 23.5 Å². The molecule has 2 rings (SSSR count). The van der Waals surface area contributed by atoms with Gasteiger partial charge >= 0.3 is 0 Å². The number of benzene rings is 1. The van der Waals surface area contributed by atoms with E-state index in [4.69, 9.17) is 5.11 Å². The fraction of sp³-hybridized carbons (Fsp3) is 0.267. The Labute approximate surface area is 107 Å². The van der Waals surface area contributed by atoms with Gasteiger partial charge in [0.1, 0.15) is 6.61 Å². The van der Waals surface area contributed by atoms with Crippen molar-refractivity contribution in [3.8, 4) is 11.8 Å². The van der Waals surface area contributed by atoms with E-state index in [-0.39, 0.29) is 6.61 Å². The number of aliphatic hydroxyl groups is 1. The molecule has 3 heteroatoms. The Morgan fingerprint density at radius 1 is 1.22 bits per heavy atom. The lowest BCUT2D eigenvalue weighted by Crippen LogP contribution is -2.03. The summed E-state index contributed by atoms with van der Waals surface area (Å²) < 4.78 is 1.95. The van der Waals surface area contributed by atoms with Gasteiger partial charge in [-0.05, 0) is 19.4 Å². The molecule has 3 nitrogen and oxygen atoms in total. The topological polar surface area (TPSA) is 38.0 Å². The Morgan fingerprint density at radius 2 is 1.94 bits per heavy atom. The minimum Gasteiger partial charge on any atom is -0.384 e. The second kappa shape index (κ2) is 5.52. The Bertz CT molecular complexity index is 588. The van der Waals surface area contributed by atoms with Crippen molar-refractivity contribution in [3.05, 3.63) is 52.8 Å². The van der Waals surface area contributed by atoms with E-state index >= 15 is 0 Å². The third-order valence-corrected chi connectivity index (χ3v) is 2.85. The van der Waals surface area contributed by atoms with Crippen LogP contribution >= 0.6 is 0 Å². The van der Waals surface area contributed by atoms with Gasteiger partial charge in [-0.2, -0.15) is 5.10 Å². The smallest absolute Gasteiger partial charge is 0.104 e. The second-order valence-electron chi connectivity index (χ2n) is 4.15. The second-order valence-corrected chi connectivity index (χ2v) is 4.15. The van der Waals surface area contributed by atoms with Crippen molar-refractivity contribution in [2.75, 3.05) is 6.61 Å². The van der Waals surface area contributed by atoms with Crippen LogP contribution in [0.25, 0.3) is 0 Å². The Kier molecular flexibility index (Phi) is 3.81. The third kappa shape index (κ3) is 2.61. The zero-order chi connectivity index (χ0) is 13.0. The molecular formula is C15H16N2O. The quantitative estimate of drug-likeness (QED) is 0.814. The summed E-state index contributed by atoms with van der Waals surface area (Å²) in [5.74, 6) is 5.63. The van der Waals surface area contributed by atoms with Gasteiger partial charge in [0.25, 0.3) is 0 Å². The summed E-state index contributed by atoms with van der Waals surface area (Å²) in [6, 6.07) is 10.2. The van der Waals surface area contributed by atoms with Crippen molar-refractivity contribution >= 4 is 0 Å². The fourth-order valence-corrected chi connectivity index (χ4v) is 1.92. The molecule has 1 aromatic carbocycles. The lowest BCUT2D eigenvalue weighted by Gasteiger charge is -2.04. The first-order valence-corrected chi connectivity index (χ1v) is 5.90. The Morgan fingerprint density at radius 3 is 2.61 bits per heavy atom. The van der Waals surface area contributed by atoms with Crippen molar-refractivity contribution in [2.45, 2.75) is 20.4 Å². The van der Waals surface area contributed by atoms with Crippen molar-refractivity contribution in [1.29, 1.82) is 0 Å². The van der Waals surface area contributed by atoms with Crippen LogP contribution in [0.3, 0.4) is 0 Å². The average molecular weight is 240 g/mol. The van der Waals surface area contributed by atoms with Crippen LogP contribution in [0.4, 0.5) is 0 Å². The molecule has 1 heterocycles. The molecule has 0 spiro atoms. The summed E-state index contributed by atoms with van der Waals surface area (Å²) in [5, 5.41) is 13.2. The molecule has 0 aliphatic heterocycles. The number of aliphatic hydroxyl groups excluding tert-OH is 1. The van der Waals surface area contributed by atoms with E-state index < -0.39 is 0 Å². The molecule has 2 aromatic rings. The summed E-state index contributed by atoms with van der Waals surface area (Å²) in [6.45, 7) is 4.57. The number of aryl methyl sites for hydroxylation is 1. The van der Waals surface area contributed by atoms with Gasteiger partial charge in [0, 0.05) is 0 Å². The molecular weight excluding hydrogens is 224 g/mol. The predicted octanol–water partition coefficient (Wildman–Crippen LogP) is 1.89. The molecule has 0 aliphatic carbocycles. The largest absolute Gasteiger partial charge is 0.384 e. The highest BCUT2D eigenvalue weighted by Gasteiger charge is 2.09. The number of aromatic nitrogens is 2. The minimum atomic E-state index is -0.122. The van der Waals surface area contributed by atoms with Gasteiger partial charge < -0.3 is 5.11 Å². The van der Waals surface area contributed by atoms with Crippen LogP contribution in [0, 0.1) is 25.7 Å². The zero-order valence-electron chi connectivity index (χ0n) is 10.6. The summed E-state index contributed by atoms with van der Waals surface area (Å²) in [6.07, 6.45) is 0. The summed E-state index contributed by atoms with van der Waals surface area (Å²) in [5.41, 5.74) is 4.08. The zero-order valence-corrected chi connectivity index (χ0v) is 10.6. The monoisotopic (exact) mass is 240 g/mol. The first kappa shape index (κ1) is 12.4. The molecule has 0 atom stereocenters. The van der Waals surface area contributed by atoms with Gasteiger partial charge in [-0.25, -0.2) is 0 Å². The SMILES string of the molecule is Cc1nn(Cc2ccccc2)c(C)c1C#CCO. The fourth-order valence-electron chi connectivity index (χ4n) is 1.92. The highest BCUT2D eigenvalue weighted by atomic mass is 16.2. The lowest BCUT2D eigenvalue weighted by atomic mass is 10.2. The summed E-state index contributed by atoms with van der Waals surface area (Å²) in [4.78, 5) is 0. The molecule has 0 radical (unpaired) electrons. The molecule has 18 heavy (non-hydrogen) atoms. The molecule has 0 fully saturated rings. The van der Waals surface area contributed by atoms with Crippen LogP contribution in [0.15, 0.2) is 30.3 Å². The molecule has 0 saturated heterocycles. The number of nitrogens with zero attached hydrogens (tertiary/aromatic N) is 2. The summed E-state index contributed by atoms with van der Waals surface area (Å²) >= 11 is 0. The maximum absolute atomic E-state index is 8.75. The molecule has 1 aromatic heterocycles. The van der Waals surface area contributed by atoms with Crippen LogP contribution in [0.5, 0.6) is 0 Å². The molecule has 0 unspecified atom stereocenters. The minimum absolute atomic E-state index is 0.122. The molecule has 0 saturated carbocycles. The van der Waals surface area contributed by atoms with Gasteiger partial charge in [0.15, 0.2) is 0 Å². The van der Waals surface area contributed by atoms with Crippen LogP contribution in [0.2, 0.25) is 0 Å². The van der Waals surface area contributed by atoms with Crippen molar-refractivity contribution in [3.63, 3.8) is 0 Å². The predicted molar refractivity (Wildman–Crippen MR) is 71.2 cm³/mol.